The van der Waals surface area contributed by atoms with Gasteiger partial charge in [0.05, 0.1) is 11.2 Å². The summed E-state index contributed by atoms with van der Waals surface area (Å²) in [4.78, 5) is 9.42. The maximum absolute atomic E-state index is 10.7. The zero-order valence-corrected chi connectivity index (χ0v) is 23.5. The van der Waals surface area contributed by atoms with Crippen molar-refractivity contribution in [3.63, 3.8) is 0 Å². The largest absolute Gasteiger partial charge is 0.506 e. The summed E-state index contributed by atoms with van der Waals surface area (Å²) in [5, 5.41) is 12.8. The van der Waals surface area contributed by atoms with Crippen LogP contribution in [-0.2, 0) is 26.5 Å². The van der Waals surface area contributed by atoms with Crippen molar-refractivity contribution in [1.29, 1.82) is 0 Å². The molecular formula is C32H26N3O2Pt-. The molecule has 38 heavy (non-hydrogen) atoms. The predicted molar refractivity (Wildman–Crippen MR) is 148 cm³/mol. The van der Waals surface area contributed by atoms with Gasteiger partial charge in [0.15, 0.2) is 0 Å². The van der Waals surface area contributed by atoms with Crippen molar-refractivity contribution in [2.24, 2.45) is 0 Å². The Morgan fingerprint density at radius 3 is 2.37 bits per heavy atom. The monoisotopic (exact) mass is 679 g/mol. The Balaban J connectivity index is 0.00000294. The van der Waals surface area contributed by atoms with E-state index in [1.165, 1.54) is 0 Å². The quantitative estimate of drug-likeness (QED) is 0.193. The van der Waals surface area contributed by atoms with Crippen LogP contribution in [0.5, 0.6) is 17.4 Å². The van der Waals surface area contributed by atoms with Gasteiger partial charge in [0.1, 0.15) is 11.4 Å². The normalized spacial score (nSPS) is 11.4. The van der Waals surface area contributed by atoms with E-state index in [2.05, 4.69) is 50.0 Å². The van der Waals surface area contributed by atoms with Gasteiger partial charge in [-0.1, -0.05) is 81.4 Å². The van der Waals surface area contributed by atoms with Gasteiger partial charge in [-0.25, -0.2) is 4.98 Å². The van der Waals surface area contributed by atoms with Gasteiger partial charge in [0.25, 0.3) is 0 Å². The molecule has 6 aromatic rings. The first kappa shape index (κ1) is 25.7. The summed E-state index contributed by atoms with van der Waals surface area (Å²) in [5.41, 5.74) is 5.02. The van der Waals surface area contributed by atoms with Crippen LogP contribution in [-0.4, -0.2) is 19.6 Å². The first-order valence-corrected chi connectivity index (χ1v) is 12.2. The number of rotatable bonds is 4. The molecule has 3 aromatic heterocycles. The molecule has 0 saturated heterocycles. The standard InChI is InChI=1S/C32H26N3O2.Pt/c1-32(2,3)22-18-21(19-23(20-22)37-30-14-8-9-17-33-30)26-16-15-25-24-10-4-5-11-27(24)35(31(25)34-26)28-12-6-7-13-29(28)36;/h4-18,20,36H,1-3H3;/q-1;. The van der Waals surface area contributed by atoms with Crippen molar-refractivity contribution in [1.82, 2.24) is 14.5 Å². The van der Waals surface area contributed by atoms with Crippen molar-refractivity contribution < 1.29 is 30.9 Å². The van der Waals surface area contributed by atoms with Crippen LogP contribution >= 0.6 is 0 Å². The molecule has 5 nitrogen and oxygen atoms in total. The van der Waals surface area contributed by atoms with Gasteiger partial charge in [-0.15, -0.1) is 17.2 Å². The second-order valence-corrected chi connectivity index (χ2v) is 10.1. The van der Waals surface area contributed by atoms with Crippen molar-refractivity contribution in [3.8, 4) is 34.3 Å². The van der Waals surface area contributed by atoms with Crippen LogP contribution in [0.4, 0.5) is 0 Å². The minimum Gasteiger partial charge on any atom is -0.506 e. The Labute approximate surface area is 236 Å². The van der Waals surface area contributed by atoms with E-state index in [0.29, 0.717) is 17.3 Å². The van der Waals surface area contributed by atoms with E-state index in [9.17, 15) is 5.11 Å². The number of hydrogen-bond donors (Lipinski definition) is 1. The van der Waals surface area contributed by atoms with Crippen LogP contribution in [0.2, 0.25) is 0 Å². The molecule has 0 atom stereocenters. The zero-order valence-electron chi connectivity index (χ0n) is 21.3. The fourth-order valence-corrected chi connectivity index (χ4v) is 4.58. The minimum absolute atomic E-state index is 0. The fourth-order valence-electron chi connectivity index (χ4n) is 4.58. The third-order valence-electron chi connectivity index (χ3n) is 6.48. The smallest absolute Gasteiger partial charge is 0.217 e. The number of aromatic hydroxyl groups is 1. The topological polar surface area (TPSA) is 60.2 Å². The molecule has 1 N–H and O–H groups in total. The molecule has 192 valence electrons. The van der Waals surface area contributed by atoms with Crippen LogP contribution in [0, 0.1) is 6.07 Å². The molecule has 0 aliphatic carbocycles. The van der Waals surface area contributed by atoms with Gasteiger partial charge in [-0.2, -0.15) is 0 Å². The maximum Gasteiger partial charge on any atom is 0.217 e. The Bertz CT molecular complexity index is 1750. The van der Waals surface area contributed by atoms with Gasteiger partial charge in [-0.3, -0.25) is 9.55 Å². The number of pyridine rings is 2. The van der Waals surface area contributed by atoms with Crippen LogP contribution in [0.15, 0.2) is 97.2 Å². The second kappa shape index (κ2) is 10.1. The molecule has 0 aliphatic heterocycles. The number of fused-ring (bicyclic) bond motifs is 3. The van der Waals surface area contributed by atoms with E-state index in [4.69, 9.17) is 9.72 Å². The van der Waals surface area contributed by atoms with E-state index in [-0.39, 0.29) is 32.2 Å². The Kier molecular flexibility index (Phi) is 6.81. The third-order valence-corrected chi connectivity index (χ3v) is 6.48. The Hall–Kier alpha value is -3.95. The van der Waals surface area contributed by atoms with E-state index in [1.54, 1.807) is 12.3 Å². The molecule has 3 aromatic carbocycles. The van der Waals surface area contributed by atoms with Gasteiger partial charge in [0.2, 0.25) is 5.88 Å². The van der Waals surface area contributed by atoms with Crippen LogP contribution in [0.25, 0.3) is 38.9 Å². The van der Waals surface area contributed by atoms with Gasteiger partial charge in [-0.05, 0) is 35.4 Å². The van der Waals surface area contributed by atoms with Gasteiger partial charge < -0.3 is 9.84 Å². The number of para-hydroxylation sites is 3. The van der Waals surface area contributed by atoms with Crippen molar-refractivity contribution in [3.05, 3.63) is 109 Å². The van der Waals surface area contributed by atoms with E-state index < -0.39 is 0 Å². The first-order chi connectivity index (χ1) is 17.9. The van der Waals surface area contributed by atoms with Crippen molar-refractivity contribution in [2.45, 2.75) is 26.2 Å². The van der Waals surface area contributed by atoms with Crippen molar-refractivity contribution in [2.75, 3.05) is 0 Å². The fraction of sp³-hybridized carbons (Fsp3) is 0.125. The Morgan fingerprint density at radius 1 is 0.842 bits per heavy atom. The van der Waals surface area contributed by atoms with Gasteiger partial charge >= 0.3 is 0 Å². The number of ether oxygens (including phenoxy) is 1. The van der Waals surface area contributed by atoms with Crippen LogP contribution < -0.4 is 4.74 Å². The van der Waals surface area contributed by atoms with Crippen molar-refractivity contribution >= 4 is 21.9 Å². The summed E-state index contributed by atoms with van der Waals surface area (Å²) in [7, 11) is 0. The summed E-state index contributed by atoms with van der Waals surface area (Å²) >= 11 is 0. The first-order valence-electron chi connectivity index (χ1n) is 12.2. The number of nitrogens with zero attached hydrogens (tertiary/aromatic N) is 3. The molecule has 0 fully saturated rings. The van der Waals surface area contributed by atoms with E-state index in [0.717, 1.165) is 38.8 Å². The molecule has 0 spiro atoms. The summed E-state index contributed by atoms with van der Waals surface area (Å²) in [6, 6.07) is 32.7. The molecule has 6 rings (SSSR count). The van der Waals surface area contributed by atoms with Crippen LogP contribution in [0.3, 0.4) is 0 Å². The molecule has 6 heteroatoms. The third kappa shape index (κ3) is 4.70. The molecule has 3 heterocycles. The molecule has 0 bridgehead atoms. The molecule has 0 amide bonds. The SMILES string of the molecule is CC(C)(C)c1cc(Oc2ccccn2)[c-]c(-c2ccc3c4ccccc4n(-c4ccccc4O)c3n2)c1.[Pt]. The summed E-state index contributed by atoms with van der Waals surface area (Å²) in [6.45, 7) is 6.51. The average molecular weight is 680 g/mol. The van der Waals surface area contributed by atoms with E-state index in [1.807, 2.05) is 71.3 Å². The predicted octanol–water partition coefficient (Wildman–Crippen LogP) is 7.83. The summed E-state index contributed by atoms with van der Waals surface area (Å²) in [5.74, 6) is 1.30. The minimum atomic E-state index is -0.110. The maximum atomic E-state index is 10.7. The molecule has 0 saturated carbocycles. The number of benzene rings is 3. The van der Waals surface area contributed by atoms with E-state index >= 15 is 0 Å². The number of hydrogen-bond acceptors (Lipinski definition) is 4. The average Bonchev–Trinajstić information content (AvgIpc) is 3.22. The Morgan fingerprint density at radius 2 is 1.61 bits per heavy atom. The second-order valence-electron chi connectivity index (χ2n) is 10.1. The van der Waals surface area contributed by atoms with Crippen LogP contribution in [0.1, 0.15) is 26.3 Å². The summed E-state index contributed by atoms with van der Waals surface area (Å²) in [6.07, 6.45) is 1.71. The molecule has 0 radical (unpaired) electrons. The number of aromatic nitrogens is 3. The number of phenols is 1. The van der Waals surface area contributed by atoms with Gasteiger partial charge in [0, 0.05) is 49.9 Å². The number of phenolic OH excluding ortho intramolecular Hbond substituents is 1. The molecule has 0 aliphatic rings. The zero-order chi connectivity index (χ0) is 25.6. The molecular weight excluding hydrogens is 653 g/mol. The summed E-state index contributed by atoms with van der Waals surface area (Å²) < 4.78 is 8.10. The molecule has 0 unspecified atom stereocenters.